The van der Waals surface area contributed by atoms with Crippen molar-refractivity contribution in [2.24, 2.45) is 0 Å². The predicted molar refractivity (Wildman–Crippen MR) is 83.0 cm³/mol. The standard InChI is InChI=1S/C14H24N4O3S/c1-5-17(6-2)22(20,21)14-10(3)16-18(11(14)4)9-13(19)15-12-7-8-12/h12H,5-9H2,1-4H3,(H,15,19). The zero-order valence-corrected chi connectivity index (χ0v) is 14.4. The van der Waals surface area contributed by atoms with Crippen LogP contribution >= 0.6 is 0 Å². The number of aryl methyl sites for hydroxylation is 1. The number of amides is 1. The molecule has 0 atom stereocenters. The molecule has 1 aromatic heterocycles. The first kappa shape index (κ1) is 17.0. The highest BCUT2D eigenvalue weighted by molar-refractivity contribution is 7.89. The van der Waals surface area contributed by atoms with E-state index in [1.807, 2.05) is 0 Å². The van der Waals surface area contributed by atoms with Gasteiger partial charge in [-0.25, -0.2) is 8.42 Å². The van der Waals surface area contributed by atoms with Crippen LogP contribution in [0.25, 0.3) is 0 Å². The topological polar surface area (TPSA) is 84.3 Å². The molecule has 2 rings (SSSR count). The molecule has 1 aliphatic carbocycles. The number of carbonyl (C=O) groups is 1. The summed E-state index contributed by atoms with van der Waals surface area (Å²) in [7, 11) is -3.57. The molecule has 0 aliphatic heterocycles. The zero-order chi connectivity index (χ0) is 16.5. The molecule has 1 saturated carbocycles. The summed E-state index contributed by atoms with van der Waals surface area (Å²) < 4.78 is 28.3. The highest BCUT2D eigenvalue weighted by Gasteiger charge is 2.30. The normalized spacial score (nSPS) is 15.3. The number of nitrogens with zero attached hydrogens (tertiary/aromatic N) is 3. The number of aromatic nitrogens is 2. The van der Waals surface area contributed by atoms with Gasteiger partial charge in [0, 0.05) is 19.1 Å². The molecule has 1 heterocycles. The third-order valence-electron chi connectivity index (χ3n) is 3.85. The first-order chi connectivity index (χ1) is 10.3. The lowest BCUT2D eigenvalue weighted by Crippen LogP contribution is -2.32. The van der Waals surface area contributed by atoms with Gasteiger partial charge in [-0.2, -0.15) is 9.40 Å². The second kappa shape index (κ2) is 6.37. The van der Waals surface area contributed by atoms with Crippen molar-refractivity contribution in [2.45, 2.75) is 58.0 Å². The molecule has 7 nitrogen and oxygen atoms in total. The lowest BCUT2D eigenvalue weighted by molar-refractivity contribution is -0.122. The maximum atomic E-state index is 12.7. The van der Waals surface area contributed by atoms with Gasteiger partial charge < -0.3 is 5.32 Å². The fourth-order valence-electron chi connectivity index (χ4n) is 2.54. The van der Waals surface area contributed by atoms with Crippen LogP contribution in [-0.2, 0) is 21.4 Å². The summed E-state index contributed by atoms with van der Waals surface area (Å²) in [5, 5.41) is 7.13. The molecule has 1 N–H and O–H groups in total. The largest absolute Gasteiger partial charge is 0.352 e. The first-order valence-electron chi connectivity index (χ1n) is 7.64. The van der Waals surface area contributed by atoms with Crippen molar-refractivity contribution in [1.29, 1.82) is 0 Å². The van der Waals surface area contributed by atoms with Crippen LogP contribution in [0.3, 0.4) is 0 Å². The van der Waals surface area contributed by atoms with Gasteiger partial charge in [0.1, 0.15) is 11.4 Å². The molecule has 1 aromatic rings. The van der Waals surface area contributed by atoms with Crippen LogP contribution in [0, 0.1) is 13.8 Å². The van der Waals surface area contributed by atoms with Crippen LogP contribution in [0.5, 0.6) is 0 Å². The molecule has 0 aromatic carbocycles. The van der Waals surface area contributed by atoms with E-state index in [-0.39, 0.29) is 23.4 Å². The summed E-state index contributed by atoms with van der Waals surface area (Å²) in [6, 6.07) is 0.281. The van der Waals surface area contributed by atoms with Crippen LogP contribution in [-0.4, -0.2) is 47.5 Å². The Morgan fingerprint density at radius 1 is 1.32 bits per heavy atom. The van der Waals surface area contributed by atoms with Crippen molar-refractivity contribution in [3.63, 3.8) is 0 Å². The molecule has 0 bridgehead atoms. The van der Waals surface area contributed by atoms with Crippen LogP contribution in [0.1, 0.15) is 38.1 Å². The number of rotatable bonds is 7. The second-order valence-corrected chi connectivity index (χ2v) is 7.46. The van der Waals surface area contributed by atoms with Gasteiger partial charge in [0.25, 0.3) is 0 Å². The maximum absolute atomic E-state index is 12.7. The summed E-state index contributed by atoms with van der Waals surface area (Å²) in [6.07, 6.45) is 2.04. The predicted octanol–water partition coefficient (Wildman–Crippen LogP) is 0.809. The van der Waals surface area contributed by atoms with E-state index in [0.717, 1.165) is 12.8 Å². The fraction of sp³-hybridized carbons (Fsp3) is 0.714. The van der Waals surface area contributed by atoms with Gasteiger partial charge in [-0.3, -0.25) is 9.48 Å². The van der Waals surface area contributed by atoms with E-state index in [4.69, 9.17) is 0 Å². The summed E-state index contributed by atoms with van der Waals surface area (Å²) >= 11 is 0. The van der Waals surface area contributed by atoms with Crippen LogP contribution in [0.2, 0.25) is 0 Å². The molecule has 1 amide bonds. The van der Waals surface area contributed by atoms with Gasteiger partial charge >= 0.3 is 0 Å². The van der Waals surface area contributed by atoms with Crippen molar-refractivity contribution in [2.75, 3.05) is 13.1 Å². The molecular formula is C14H24N4O3S. The summed E-state index contributed by atoms with van der Waals surface area (Å²) in [6.45, 7) is 7.84. The maximum Gasteiger partial charge on any atom is 0.246 e. The Morgan fingerprint density at radius 2 is 1.91 bits per heavy atom. The fourth-order valence-corrected chi connectivity index (χ4v) is 4.37. The van der Waals surface area contributed by atoms with Crippen LogP contribution < -0.4 is 5.32 Å². The molecule has 0 saturated heterocycles. The quantitative estimate of drug-likeness (QED) is 0.803. The van der Waals surface area contributed by atoms with Crippen molar-refractivity contribution in [3.05, 3.63) is 11.4 Å². The van der Waals surface area contributed by atoms with Gasteiger partial charge in [0.2, 0.25) is 15.9 Å². The lowest BCUT2D eigenvalue weighted by atomic mass is 10.4. The Hall–Kier alpha value is -1.41. The van der Waals surface area contributed by atoms with E-state index in [1.165, 1.54) is 8.99 Å². The molecule has 0 radical (unpaired) electrons. The first-order valence-corrected chi connectivity index (χ1v) is 9.08. The van der Waals surface area contributed by atoms with Crippen molar-refractivity contribution < 1.29 is 13.2 Å². The number of hydrogen-bond acceptors (Lipinski definition) is 4. The minimum absolute atomic E-state index is 0.0525. The Kier molecular flexibility index (Phi) is 4.91. The highest BCUT2D eigenvalue weighted by Crippen LogP contribution is 2.23. The minimum atomic E-state index is -3.57. The monoisotopic (exact) mass is 328 g/mol. The molecule has 124 valence electrons. The van der Waals surface area contributed by atoms with E-state index < -0.39 is 10.0 Å². The molecule has 1 fully saturated rings. The van der Waals surface area contributed by atoms with Gasteiger partial charge in [0.15, 0.2) is 0 Å². The number of nitrogens with one attached hydrogen (secondary N) is 1. The smallest absolute Gasteiger partial charge is 0.246 e. The average molecular weight is 328 g/mol. The number of carbonyl (C=O) groups excluding carboxylic acids is 1. The third-order valence-corrected chi connectivity index (χ3v) is 6.16. The highest BCUT2D eigenvalue weighted by atomic mass is 32.2. The van der Waals surface area contributed by atoms with Gasteiger partial charge in [-0.15, -0.1) is 0 Å². The zero-order valence-electron chi connectivity index (χ0n) is 13.6. The molecular weight excluding hydrogens is 304 g/mol. The van der Waals surface area contributed by atoms with Crippen molar-refractivity contribution >= 4 is 15.9 Å². The van der Waals surface area contributed by atoms with Crippen LogP contribution in [0.15, 0.2) is 4.90 Å². The van der Waals surface area contributed by atoms with Gasteiger partial charge in [-0.1, -0.05) is 13.8 Å². The Morgan fingerprint density at radius 3 is 2.41 bits per heavy atom. The van der Waals surface area contributed by atoms with E-state index in [2.05, 4.69) is 10.4 Å². The molecule has 0 spiro atoms. The Bertz CT molecular complexity index is 658. The molecule has 1 aliphatic rings. The lowest BCUT2D eigenvalue weighted by Gasteiger charge is -2.18. The van der Waals surface area contributed by atoms with E-state index >= 15 is 0 Å². The summed E-state index contributed by atoms with van der Waals surface area (Å²) in [5.41, 5.74) is 0.943. The molecule has 22 heavy (non-hydrogen) atoms. The van der Waals surface area contributed by atoms with E-state index in [1.54, 1.807) is 27.7 Å². The molecule has 0 unspecified atom stereocenters. The average Bonchev–Trinajstić information content (AvgIpc) is 3.17. The van der Waals surface area contributed by atoms with Crippen molar-refractivity contribution in [3.8, 4) is 0 Å². The van der Waals surface area contributed by atoms with Crippen molar-refractivity contribution in [1.82, 2.24) is 19.4 Å². The SMILES string of the molecule is CCN(CC)S(=O)(=O)c1c(C)nn(CC(=O)NC2CC2)c1C. The summed E-state index contributed by atoms with van der Waals surface area (Å²) in [5.74, 6) is -0.125. The van der Waals surface area contributed by atoms with Gasteiger partial charge in [0.05, 0.1) is 11.4 Å². The van der Waals surface area contributed by atoms with E-state index in [0.29, 0.717) is 24.5 Å². The van der Waals surface area contributed by atoms with E-state index in [9.17, 15) is 13.2 Å². The number of sulfonamides is 1. The van der Waals surface area contributed by atoms with Crippen LogP contribution in [0.4, 0.5) is 0 Å². The Balaban J connectivity index is 2.28. The van der Waals surface area contributed by atoms with Gasteiger partial charge in [-0.05, 0) is 26.7 Å². The number of hydrogen-bond donors (Lipinski definition) is 1. The Labute approximate surface area is 131 Å². The third kappa shape index (κ3) is 3.33. The summed E-state index contributed by atoms with van der Waals surface area (Å²) in [4.78, 5) is 12.1. The second-order valence-electron chi connectivity index (χ2n) is 5.59. The molecule has 8 heteroatoms. The minimum Gasteiger partial charge on any atom is -0.352 e.